The average Bonchev–Trinajstić information content (AvgIpc) is 3.54. The Morgan fingerprint density at radius 3 is 2.52 bits per heavy atom. The highest BCUT2D eigenvalue weighted by molar-refractivity contribution is 5.78. The Balaban J connectivity index is 1.21. The van der Waals surface area contributed by atoms with E-state index in [1.165, 1.54) is 45.3 Å². The predicted molar refractivity (Wildman–Crippen MR) is 113 cm³/mol. The first-order valence-corrected chi connectivity index (χ1v) is 11.3. The Morgan fingerprint density at radius 2 is 1.86 bits per heavy atom. The number of nitrogens with zero attached hydrogens (tertiary/aromatic N) is 4. The van der Waals surface area contributed by atoms with Crippen molar-refractivity contribution in [1.29, 1.82) is 0 Å². The molecule has 1 saturated carbocycles. The molecule has 1 N–H and O–H groups in total. The Bertz CT molecular complexity index is 668. The number of amides is 1. The molecule has 1 amide bonds. The van der Waals surface area contributed by atoms with Gasteiger partial charge in [0.25, 0.3) is 0 Å². The number of likely N-dealkylation sites (tertiary alicyclic amines) is 1. The highest BCUT2D eigenvalue weighted by Gasteiger charge is 2.31. The zero-order chi connectivity index (χ0) is 20.2. The Morgan fingerprint density at radius 1 is 1.10 bits per heavy atom. The van der Waals surface area contributed by atoms with Crippen LogP contribution in [0.5, 0.6) is 0 Å². The maximum Gasteiger partial charge on any atom is 0.248 e. The third kappa shape index (κ3) is 5.89. The van der Waals surface area contributed by atoms with Crippen molar-refractivity contribution in [3.05, 3.63) is 17.8 Å². The molecule has 0 unspecified atom stereocenters. The number of hydrogen-bond acceptors (Lipinski definition) is 6. The predicted octanol–water partition coefficient (Wildman–Crippen LogP) is 2.36. The molecule has 0 aromatic carbocycles. The second-order valence-corrected chi connectivity index (χ2v) is 9.30. The second-order valence-electron chi connectivity index (χ2n) is 9.30. The van der Waals surface area contributed by atoms with Crippen LogP contribution < -0.4 is 5.32 Å². The fourth-order valence-corrected chi connectivity index (χ4v) is 4.27. The minimum absolute atomic E-state index is 0.00534. The van der Waals surface area contributed by atoms with Crippen LogP contribution in [0.25, 0.3) is 0 Å². The van der Waals surface area contributed by atoms with E-state index in [0.717, 1.165) is 24.0 Å². The lowest BCUT2D eigenvalue weighted by atomic mass is 9.95. The number of rotatable bonds is 8. The van der Waals surface area contributed by atoms with E-state index in [1.807, 2.05) is 17.0 Å². The van der Waals surface area contributed by atoms with Gasteiger partial charge < -0.3 is 19.9 Å². The smallest absolute Gasteiger partial charge is 0.248 e. The number of morpholine rings is 1. The molecule has 2 saturated heterocycles. The number of nitrogens with one attached hydrogen (secondary N) is 1. The average molecular weight is 402 g/mol. The first kappa shape index (κ1) is 20.5. The van der Waals surface area contributed by atoms with Crippen molar-refractivity contribution < 1.29 is 9.53 Å². The minimum atomic E-state index is -0.00534. The van der Waals surface area contributed by atoms with Gasteiger partial charge in [-0.3, -0.25) is 4.79 Å². The SMILES string of the molecule is CC(C)c1ccc(NC[C@H]2CN(CC3CCN(CC4CC4)CC3)C(=O)CO2)nn1. The number of carbonyl (C=O) groups excluding carboxylic acids is 1. The maximum absolute atomic E-state index is 12.4. The monoisotopic (exact) mass is 401 g/mol. The van der Waals surface area contributed by atoms with Crippen LogP contribution in [-0.2, 0) is 9.53 Å². The van der Waals surface area contributed by atoms with E-state index >= 15 is 0 Å². The topological polar surface area (TPSA) is 70.6 Å². The second kappa shape index (κ2) is 9.39. The fraction of sp³-hybridized carbons (Fsp3) is 0.773. The lowest BCUT2D eigenvalue weighted by Crippen LogP contribution is -2.51. The highest BCUT2D eigenvalue weighted by atomic mass is 16.5. The van der Waals surface area contributed by atoms with Gasteiger partial charge in [-0.05, 0) is 68.7 Å². The molecule has 1 aromatic heterocycles. The van der Waals surface area contributed by atoms with Gasteiger partial charge >= 0.3 is 0 Å². The van der Waals surface area contributed by atoms with Crippen molar-refractivity contribution in [2.24, 2.45) is 11.8 Å². The van der Waals surface area contributed by atoms with Gasteiger partial charge in [0, 0.05) is 26.2 Å². The van der Waals surface area contributed by atoms with E-state index in [9.17, 15) is 4.79 Å². The number of carbonyl (C=O) groups is 1. The molecule has 3 heterocycles. The van der Waals surface area contributed by atoms with Crippen LogP contribution in [0.15, 0.2) is 12.1 Å². The van der Waals surface area contributed by atoms with Crippen LogP contribution in [0.3, 0.4) is 0 Å². The Kier molecular flexibility index (Phi) is 6.65. The van der Waals surface area contributed by atoms with Gasteiger partial charge in [-0.15, -0.1) is 5.10 Å². The molecule has 7 nitrogen and oxygen atoms in total. The molecular weight excluding hydrogens is 366 g/mol. The highest BCUT2D eigenvalue weighted by Crippen LogP contribution is 2.31. The summed E-state index contributed by atoms with van der Waals surface area (Å²) in [7, 11) is 0. The van der Waals surface area contributed by atoms with Gasteiger partial charge in [-0.2, -0.15) is 5.10 Å². The van der Waals surface area contributed by atoms with Crippen molar-refractivity contribution in [2.45, 2.75) is 51.6 Å². The lowest BCUT2D eigenvalue weighted by molar-refractivity contribution is -0.149. The van der Waals surface area contributed by atoms with Crippen LogP contribution >= 0.6 is 0 Å². The van der Waals surface area contributed by atoms with E-state index in [2.05, 4.69) is 34.3 Å². The summed E-state index contributed by atoms with van der Waals surface area (Å²) in [4.78, 5) is 17.0. The molecule has 3 fully saturated rings. The summed E-state index contributed by atoms with van der Waals surface area (Å²) in [6, 6.07) is 3.97. The first-order valence-electron chi connectivity index (χ1n) is 11.3. The third-order valence-corrected chi connectivity index (χ3v) is 6.41. The van der Waals surface area contributed by atoms with Crippen LogP contribution in [0.1, 0.15) is 51.1 Å². The Hall–Kier alpha value is -1.73. The number of anilines is 1. The van der Waals surface area contributed by atoms with E-state index in [0.29, 0.717) is 24.9 Å². The van der Waals surface area contributed by atoms with Gasteiger partial charge in [0.05, 0.1) is 11.8 Å². The van der Waals surface area contributed by atoms with Gasteiger partial charge in [0.15, 0.2) is 0 Å². The molecule has 1 aromatic rings. The normalized spacial score (nSPS) is 24.3. The molecule has 1 atom stereocenters. The number of ether oxygens (including phenoxy) is 1. The van der Waals surface area contributed by atoms with Crippen molar-refractivity contribution in [1.82, 2.24) is 20.0 Å². The van der Waals surface area contributed by atoms with Crippen molar-refractivity contribution >= 4 is 11.7 Å². The molecule has 0 bridgehead atoms. The van der Waals surface area contributed by atoms with Crippen molar-refractivity contribution in [3.63, 3.8) is 0 Å². The minimum Gasteiger partial charge on any atom is -0.366 e. The van der Waals surface area contributed by atoms with Gasteiger partial charge in [-0.1, -0.05) is 13.8 Å². The lowest BCUT2D eigenvalue weighted by Gasteiger charge is -2.38. The molecule has 0 spiro atoms. The maximum atomic E-state index is 12.4. The molecule has 1 aliphatic carbocycles. The summed E-state index contributed by atoms with van der Waals surface area (Å²) < 4.78 is 5.75. The summed E-state index contributed by atoms with van der Waals surface area (Å²) >= 11 is 0. The summed E-state index contributed by atoms with van der Waals surface area (Å²) in [5.74, 6) is 2.84. The molecule has 29 heavy (non-hydrogen) atoms. The van der Waals surface area contributed by atoms with Gasteiger partial charge in [-0.25, -0.2) is 0 Å². The summed E-state index contributed by atoms with van der Waals surface area (Å²) in [6.07, 6.45) is 5.25. The first-order chi connectivity index (χ1) is 14.1. The molecule has 160 valence electrons. The summed E-state index contributed by atoms with van der Waals surface area (Å²) in [5.41, 5.74) is 0.990. The quantitative estimate of drug-likeness (QED) is 0.721. The summed E-state index contributed by atoms with van der Waals surface area (Å²) in [5, 5.41) is 11.8. The fourth-order valence-electron chi connectivity index (χ4n) is 4.27. The van der Waals surface area contributed by atoms with Gasteiger partial charge in [0.2, 0.25) is 5.91 Å². The zero-order valence-electron chi connectivity index (χ0n) is 17.8. The Labute approximate surface area is 174 Å². The number of aromatic nitrogens is 2. The van der Waals surface area contributed by atoms with E-state index in [-0.39, 0.29) is 18.6 Å². The third-order valence-electron chi connectivity index (χ3n) is 6.41. The molecule has 2 aliphatic heterocycles. The van der Waals surface area contributed by atoms with Crippen LogP contribution in [0.2, 0.25) is 0 Å². The van der Waals surface area contributed by atoms with Gasteiger partial charge in [0.1, 0.15) is 12.4 Å². The largest absolute Gasteiger partial charge is 0.366 e. The summed E-state index contributed by atoms with van der Waals surface area (Å²) in [6.45, 7) is 10.2. The molecule has 7 heteroatoms. The van der Waals surface area contributed by atoms with E-state index in [4.69, 9.17) is 4.74 Å². The number of hydrogen-bond donors (Lipinski definition) is 1. The van der Waals surface area contributed by atoms with Crippen LogP contribution in [0, 0.1) is 11.8 Å². The zero-order valence-corrected chi connectivity index (χ0v) is 17.8. The molecular formula is C22H35N5O2. The van der Waals surface area contributed by atoms with E-state index < -0.39 is 0 Å². The van der Waals surface area contributed by atoms with Crippen LogP contribution in [0.4, 0.5) is 5.82 Å². The molecule has 3 aliphatic rings. The van der Waals surface area contributed by atoms with Crippen LogP contribution in [-0.4, -0.2) is 77.9 Å². The standard InChI is InChI=1S/C22H35N5O2/c1-16(2)20-5-6-21(25-24-20)23-11-19-14-27(22(28)15-29-19)13-18-7-9-26(10-8-18)12-17-3-4-17/h5-6,16-19H,3-4,7-15H2,1-2H3,(H,23,25)/t19-/m0/s1. The molecule has 0 radical (unpaired) electrons. The van der Waals surface area contributed by atoms with Crippen molar-refractivity contribution in [2.75, 3.05) is 51.2 Å². The number of piperidine rings is 1. The molecule has 4 rings (SSSR count). The van der Waals surface area contributed by atoms with Crippen molar-refractivity contribution in [3.8, 4) is 0 Å². The van der Waals surface area contributed by atoms with E-state index in [1.54, 1.807) is 0 Å².